The van der Waals surface area contributed by atoms with Crippen molar-refractivity contribution in [2.24, 2.45) is 0 Å². The second kappa shape index (κ2) is 24.4. The van der Waals surface area contributed by atoms with E-state index in [9.17, 15) is 0 Å². The van der Waals surface area contributed by atoms with Crippen LogP contribution in [0.25, 0.3) is 33.4 Å². The fourth-order valence-corrected chi connectivity index (χ4v) is 16.1. The van der Waals surface area contributed by atoms with Crippen molar-refractivity contribution in [3.63, 3.8) is 0 Å². The number of benzene rings is 14. The molecule has 6 nitrogen and oxygen atoms in total. The molecule has 4 aliphatic rings. The first-order valence-corrected chi connectivity index (χ1v) is 34.1. The smallest absolute Gasteiger partial charge is 0.147 e. The molecule has 0 heterocycles. The molecule has 18 rings (SSSR count). The number of anilines is 6. The van der Waals surface area contributed by atoms with Crippen LogP contribution in [0.4, 0.5) is 42.9 Å². The Morgan fingerprint density at radius 1 is 0.270 bits per heavy atom. The largest absolute Gasteiger partial charge is 0.497 e. The second-order valence-electron chi connectivity index (χ2n) is 26.3. The lowest BCUT2D eigenvalue weighted by atomic mass is 9.67. The van der Waals surface area contributed by atoms with Crippen molar-refractivity contribution in [3.8, 4) is 67.9 Å². The zero-order chi connectivity index (χ0) is 67.1. The van der Waals surface area contributed by atoms with Crippen molar-refractivity contribution in [2.45, 2.75) is 36.5 Å². The second-order valence-corrected chi connectivity index (χ2v) is 26.3. The Morgan fingerprint density at radius 2 is 0.590 bits per heavy atom. The number of methoxy groups -OCH3 is 2. The van der Waals surface area contributed by atoms with Crippen LogP contribution in [0, 0.1) is 11.6 Å². The third-order valence-corrected chi connectivity index (χ3v) is 21.1. The molecule has 0 N–H and O–H groups in total. The van der Waals surface area contributed by atoms with Gasteiger partial charge in [-0.05, 0) is 271 Å². The number of hydrogen-bond donors (Lipinski definition) is 0. The lowest BCUT2D eigenvalue weighted by Crippen LogP contribution is -2.28. The molecule has 8 heteroatoms. The van der Waals surface area contributed by atoms with Gasteiger partial charge in [0.1, 0.15) is 46.1 Å². The Kier molecular flexibility index (Phi) is 14.7. The maximum absolute atomic E-state index is 16.8. The van der Waals surface area contributed by atoms with E-state index in [1.54, 1.807) is 26.4 Å². The highest BCUT2D eigenvalue weighted by Gasteiger charge is 2.48. The summed E-state index contributed by atoms with van der Waals surface area (Å²) in [6.07, 6.45) is 4.37. The maximum Gasteiger partial charge on any atom is 0.147 e. The number of rotatable bonds is 17. The molecule has 0 radical (unpaired) electrons. The van der Waals surface area contributed by atoms with Crippen molar-refractivity contribution in [1.82, 2.24) is 0 Å². The van der Waals surface area contributed by atoms with E-state index in [0.717, 1.165) is 161 Å². The third-order valence-electron chi connectivity index (χ3n) is 21.1. The highest BCUT2D eigenvalue weighted by Crippen LogP contribution is 2.60. The molecule has 0 fully saturated rings. The van der Waals surface area contributed by atoms with E-state index in [4.69, 9.17) is 18.9 Å². The minimum absolute atomic E-state index is 0.357. The zero-order valence-electron chi connectivity index (χ0n) is 55.1. The van der Waals surface area contributed by atoms with Gasteiger partial charge in [-0.3, -0.25) is 0 Å². The molecule has 2 atom stereocenters. The van der Waals surface area contributed by atoms with Gasteiger partial charge in [0.25, 0.3) is 0 Å². The minimum atomic E-state index is -0.804. The maximum atomic E-state index is 16.8. The topological polar surface area (TPSA) is 43.4 Å². The summed E-state index contributed by atoms with van der Waals surface area (Å²) in [5.74, 6) is 3.95. The molecule has 2 unspecified atom stereocenters. The van der Waals surface area contributed by atoms with E-state index < -0.39 is 10.8 Å². The van der Waals surface area contributed by atoms with Crippen LogP contribution in [-0.4, -0.2) is 14.2 Å². The average Bonchev–Trinajstić information content (AvgIpc) is 1.54. The van der Waals surface area contributed by atoms with E-state index >= 15 is 8.78 Å². The molecule has 14 aromatic carbocycles. The van der Waals surface area contributed by atoms with Gasteiger partial charge in [0.2, 0.25) is 0 Å². The number of halogens is 2. The highest BCUT2D eigenvalue weighted by atomic mass is 19.1. The van der Waals surface area contributed by atoms with Gasteiger partial charge >= 0.3 is 0 Å². The SMILES string of the molecule is COc1ccc(C2(c3ccc(Oc4ccc5c(c4)CC5)cc3)c3ccccc3-c3ccc(N(c4ccc(-c5ccc(N(c6ccc7c(c6)C(c6ccc(OC)cc6)(c6ccc(Oc8ccc9c(c8)CC9)cc6)c6ccccc6-7)c6ccccc6F)cc5)cc4)c4ccccc4F)cc32)cc1. The molecule has 482 valence electrons. The first kappa shape index (κ1) is 60.2. The molecule has 100 heavy (non-hydrogen) atoms. The summed E-state index contributed by atoms with van der Waals surface area (Å²) in [5, 5.41) is 0. The normalized spacial score (nSPS) is 15.5. The van der Waals surface area contributed by atoms with Gasteiger partial charge in [-0.1, -0.05) is 170 Å². The molecule has 0 amide bonds. The first-order chi connectivity index (χ1) is 49.2. The molecule has 14 aromatic rings. The van der Waals surface area contributed by atoms with Crippen LogP contribution < -0.4 is 28.7 Å². The van der Waals surface area contributed by atoms with Crippen molar-refractivity contribution < 1.29 is 27.7 Å². The van der Waals surface area contributed by atoms with Gasteiger partial charge in [-0.15, -0.1) is 0 Å². The fraction of sp³-hybridized carbons (Fsp3) is 0.0870. The minimum Gasteiger partial charge on any atom is -0.497 e. The van der Waals surface area contributed by atoms with E-state index in [1.807, 2.05) is 58.3 Å². The summed E-state index contributed by atoms with van der Waals surface area (Å²) >= 11 is 0. The molecular weight excluding hydrogens is 1240 g/mol. The molecule has 0 spiro atoms. The summed E-state index contributed by atoms with van der Waals surface area (Å²) < 4.78 is 58.0. The van der Waals surface area contributed by atoms with Crippen LogP contribution in [0.3, 0.4) is 0 Å². The van der Waals surface area contributed by atoms with Crippen molar-refractivity contribution in [2.75, 3.05) is 24.0 Å². The first-order valence-electron chi connectivity index (χ1n) is 34.1. The van der Waals surface area contributed by atoms with E-state index in [0.29, 0.717) is 11.4 Å². The summed E-state index contributed by atoms with van der Waals surface area (Å²) in [4.78, 5) is 4.03. The van der Waals surface area contributed by atoms with E-state index in [-0.39, 0.29) is 11.6 Å². The lowest BCUT2D eigenvalue weighted by Gasteiger charge is -2.35. The monoisotopic (exact) mass is 1300 g/mol. The van der Waals surface area contributed by atoms with Crippen molar-refractivity contribution >= 4 is 34.1 Å². The molecule has 0 saturated heterocycles. The Morgan fingerprint density at radius 3 is 0.940 bits per heavy atom. The molecule has 0 saturated carbocycles. The predicted octanol–water partition coefficient (Wildman–Crippen LogP) is 23.1. The van der Waals surface area contributed by atoms with Crippen LogP contribution in [0.2, 0.25) is 0 Å². The zero-order valence-corrected chi connectivity index (χ0v) is 55.1. The lowest BCUT2D eigenvalue weighted by molar-refractivity contribution is 0.414. The molecule has 0 aliphatic heterocycles. The molecule has 0 bridgehead atoms. The number of para-hydroxylation sites is 2. The van der Waals surface area contributed by atoms with Gasteiger partial charge in [-0.2, -0.15) is 0 Å². The van der Waals surface area contributed by atoms with Crippen LogP contribution in [0.15, 0.2) is 315 Å². The standard InChI is InChI=1S/C92H66F2N2O4/c1-97-73-45-29-65(30-46-73)91(67-33-49-75(50-34-67)99-77-43-27-61-19-21-63(61)55-77)83-13-5-3-11-79(83)81-53-41-71(57-85(81)91)95(89-17-9-7-15-87(89)93)69-37-23-59(24-38-69)60-25-39-70(40-26-60)96(90-18-10-8-16-88(90)94)72-42-54-82-80-12-4-6-14-84(80)92(86(82)58-72,66-31-47-74(98-2)48-32-66)68-35-51-76(52-36-68)100-78-44-28-62-20-22-64(62)56-78/h3-18,23-58H,19-22H2,1-2H3. The third kappa shape index (κ3) is 9.87. The van der Waals surface area contributed by atoms with Crippen LogP contribution in [-0.2, 0) is 36.5 Å². The van der Waals surface area contributed by atoms with Gasteiger partial charge in [0, 0.05) is 22.7 Å². The number of nitrogens with zero attached hydrogens (tertiary/aromatic N) is 2. The number of fused-ring (bicyclic) bond motifs is 8. The van der Waals surface area contributed by atoms with Crippen molar-refractivity contribution in [1.29, 1.82) is 0 Å². The van der Waals surface area contributed by atoms with Gasteiger partial charge in [-0.25, -0.2) is 8.78 Å². The van der Waals surface area contributed by atoms with E-state index in [1.165, 1.54) is 34.4 Å². The summed E-state index contributed by atoms with van der Waals surface area (Å²) in [5.41, 5.74) is 22.7. The Labute approximate surface area is 580 Å². The quantitative estimate of drug-likeness (QED) is 0.0905. The van der Waals surface area contributed by atoms with Gasteiger partial charge in [0.15, 0.2) is 0 Å². The van der Waals surface area contributed by atoms with Crippen molar-refractivity contribution in [3.05, 3.63) is 394 Å². The van der Waals surface area contributed by atoms with Crippen LogP contribution in [0.5, 0.6) is 34.5 Å². The number of ether oxygens (including phenoxy) is 4. The highest BCUT2D eigenvalue weighted by molar-refractivity contribution is 5.92. The molecule has 4 aliphatic carbocycles. The Balaban J connectivity index is 0.711. The van der Waals surface area contributed by atoms with Gasteiger partial charge in [0.05, 0.1) is 36.4 Å². The Bertz CT molecular complexity index is 5140. The average molecular weight is 1300 g/mol. The van der Waals surface area contributed by atoms with Gasteiger partial charge < -0.3 is 28.7 Å². The molecule has 0 aromatic heterocycles. The summed E-state index contributed by atoms with van der Waals surface area (Å²) in [6, 6.07) is 107. The Hall–Kier alpha value is -12.3. The van der Waals surface area contributed by atoms with Crippen LogP contribution >= 0.6 is 0 Å². The predicted molar refractivity (Wildman–Crippen MR) is 397 cm³/mol. The fourth-order valence-electron chi connectivity index (χ4n) is 16.1. The molecular formula is C92H66F2N2O4. The summed E-state index contributed by atoms with van der Waals surface area (Å²) in [7, 11) is 3.38. The van der Waals surface area contributed by atoms with Crippen LogP contribution in [0.1, 0.15) is 66.8 Å². The number of hydrogen-bond acceptors (Lipinski definition) is 6. The van der Waals surface area contributed by atoms with E-state index in [2.05, 4.69) is 243 Å². The summed E-state index contributed by atoms with van der Waals surface area (Å²) in [6.45, 7) is 0. The number of aryl methyl sites for hydroxylation is 4.